The van der Waals surface area contributed by atoms with E-state index in [9.17, 15) is 24.6 Å². The standard InChI is InChI=1S/C19H17N5O6S3/c1-30-23-12(9-3-2-4-11(25)5-9)15(26)21-13-16(27)24-14(18(28)29)10(6-31-17(13)24)7-32-19-22-20-8-33-19/h2-5,8,13,17,25H,6-7H2,1H3,(H,21,26)(H,28,29)/t13?,17-/m1/s1. The summed E-state index contributed by atoms with van der Waals surface area (Å²) < 4.78 is 0.705. The van der Waals surface area contributed by atoms with Crippen molar-refractivity contribution in [3.63, 3.8) is 0 Å². The molecule has 3 heterocycles. The number of fused-ring (bicyclic) bond motifs is 1. The zero-order valence-electron chi connectivity index (χ0n) is 17.0. The number of nitrogens with one attached hydrogen (secondary N) is 1. The summed E-state index contributed by atoms with van der Waals surface area (Å²) in [6.07, 6.45) is 0. The topological polar surface area (TPSA) is 154 Å². The smallest absolute Gasteiger partial charge is 0.352 e. The number of carboxylic acid groups (broad SMARTS) is 1. The molecule has 0 bridgehead atoms. The average molecular weight is 508 g/mol. The quantitative estimate of drug-likeness (QED) is 0.205. The van der Waals surface area contributed by atoms with E-state index >= 15 is 0 Å². The number of β-lactam (4-membered cyclic amide) rings is 1. The van der Waals surface area contributed by atoms with Crippen LogP contribution < -0.4 is 5.32 Å². The number of aliphatic carboxylic acids is 1. The number of hydrogen-bond acceptors (Lipinski definition) is 11. The molecule has 172 valence electrons. The average Bonchev–Trinajstić information content (AvgIpc) is 3.32. The number of hydrogen-bond donors (Lipinski definition) is 3. The van der Waals surface area contributed by atoms with E-state index in [1.165, 1.54) is 59.0 Å². The molecule has 14 heteroatoms. The normalized spacial score (nSPS) is 20.2. The van der Waals surface area contributed by atoms with Crippen LogP contribution in [0.2, 0.25) is 0 Å². The van der Waals surface area contributed by atoms with Crippen molar-refractivity contribution in [2.75, 3.05) is 18.6 Å². The first-order chi connectivity index (χ1) is 15.9. The molecular weight excluding hydrogens is 490 g/mol. The number of aromatic hydroxyl groups is 1. The van der Waals surface area contributed by atoms with Gasteiger partial charge in [-0.2, -0.15) is 0 Å². The Bertz CT molecular complexity index is 1150. The summed E-state index contributed by atoms with van der Waals surface area (Å²) in [6.45, 7) is 0. The van der Waals surface area contributed by atoms with E-state index in [2.05, 4.69) is 20.7 Å². The van der Waals surface area contributed by atoms with Gasteiger partial charge in [-0.25, -0.2) is 4.79 Å². The maximum Gasteiger partial charge on any atom is 0.352 e. The molecule has 2 amide bonds. The zero-order valence-corrected chi connectivity index (χ0v) is 19.4. The molecule has 0 saturated carbocycles. The van der Waals surface area contributed by atoms with E-state index in [4.69, 9.17) is 4.84 Å². The number of rotatable bonds is 8. The van der Waals surface area contributed by atoms with Gasteiger partial charge < -0.3 is 20.4 Å². The van der Waals surface area contributed by atoms with Crippen molar-refractivity contribution in [3.05, 3.63) is 46.6 Å². The van der Waals surface area contributed by atoms with Gasteiger partial charge in [0.1, 0.15) is 35.5 Å². The van der Waals surface area contributed by atoms with Gasteiger partial charge in [0.2, 0.25) is 0 Å². The molecule has 2 aliphatic heterocycles. The predicted octanol–water partition coefficient (Wildman–Crippen LogP) is 1.13. The van der Waals surface area contributed by atoms with Crippen LogP contribution in [-0.4, -0.2) is 78.8 Å². The number of benzene rings is 1. The van der Waals surface area contributed by atoms with Crippen LogP contribution in [0.3, 0.4) is 0 Å². The predicted molar refractivity (Wildman–Crippen MR) is 122 cm³/mol. The maximum absolute atomic E-state index is 12.9. The summed E-state index contributed by atoms with van der Waals surface area (Å²) in [5.74, 6) is -1.72. The number of thioether (sulfide) groups is 2. The third-order valence-corrected chi connectivity index (χ3v) is 8.05. The summed E-state index contributed by atoms with van der Waals surface area (Å²) in [6, 6.07) is 4.97. The number of phenols is 1. The van der Waals surface area contributed by atoms with Crippen molar-refractivity contribution in [1.29, 1.82) is 0 Å². The van der Waals surface area contributed by atoms with Gasteiger partial charge in [0, 0.05) is 17.1 Å². The molecule has 11 nitrogen and oxygen atoms in total. The number of aromatic nitrogens is 2. The van der Waals surface area contributed by atoms with Crippen molar-refractivity contribution in [1.82, 2.24) is 20.4 Å². The first-order valence-electron chi connectivity index (χ1n) is 9.41. The Kier molecular flexibility index (Phi) is 6.85. The van der Waals surface area contributed by atoms with E-state index in [-0.39, 0.29) is 17.2 Å². The highest BCUT2D eigenvalue weighted by Gasteiger charge is 2.54. The van der Waals surface area contributed by atoms with Crippen LogP contribution in [0.4, 0.5) is 0 Å². The summed E-state index contributed by atoms with van der Waals surface area (Å²) in [4.78, 5) is 43.6. The fourth-order valence-corrected chi connectivity index (χ4v) is 6.32. The molecule has 1 fully saturated rings. The van der Waals surface area contributed by atoms with Crippen LogP contribution >= 0.6 is 34.9 Å². The molecule has 1 saturated heterocycles. The Balaban J connectivity index is 1.50. The van der Waals surface area contributed by atoms with Crippen molar-refractivity contribution >= 4 is 58.4 Å². The van der Waals surface area contributed by atoms with Gasteiger partial charge in [-0.05, 0) is 17.7 Å². The van der Waals surface area contributed by atoms with Crippen LogP contribution in [0.1, 0.15) is 5.56 Å². The second kappa shape index (κ2) is 9.80. The van der Waals surface area contributed by atoms with E-state index in [1.54, 1.807) is 17.6 Å². The van der Waals surface area contributed by atoms with Gasteiger partial charge in [-0.15, -0.1) is 22.0 Å². The summed E-state index contributed by atoms with van der Waals surface area (Å²) in [5.41, 5.74) is 2.30. The van der Waals surface area contributed by atoms with Gasteiger partial charge in [-0.3, -0.25) is 14.5 Å². The van der Waals surface area contributed by atoms with E-state index < -0.39 is 29.2 Å². The van der Waals surface area contributed by atoms with Crippen molar-refractivity contribution in [2.24, 2.45) is 5.16 Å². The Labute approximate surface area is 199 Å². The van der Waals surface area contributed by atoms with Gasteiger partial charge in [0.15, 0.2) is 10.1 Å². The lowest BCUT2D eigenvalue weighted by Crippen LogP contribution is -2.71. The number of nitrogens with zero attached hydrogens (tertiary/aromatic N) is 4. The van der Waals surface area contributed by atoms with E-state index in [0.717, 1.165) is 0 Å². The van der Waals surface area contributed by atoms with Gasteiger partial charge in [-0.1, -0.05) is 40.4 Å². The number of phenolic OH excluding ortho intramolecular Hbond substituents is 1. The van der Waals surface area contributed by atoms with Gasteiger partial charge in [0.05, 0.1) is 0 Å². The first kappa shape index (κ1) is 23.1. The highest BCUT2D eigenvalue weighted by molar-refractivity contribution is 8.01. The Hall–Kier alpha value is -3.10. The molecule has 1 aromatic carbocycles. The van der Waals surface area contributed by atoms with Crippen molar-refractivity contribution in [3.8, 4) is 5.75 Å². The summed E-state index contributed by atoms with van der Waals surface area (Å²) in [5, 5.41) is 32.9. The molecule has 2 aromatic rings. The molecular formula is C19H17N5O6S3. The minimum Gasteiger partial charge on any atom is -0.508 e. The minimum atomic E-state index is -1.20. The van der Waals surface area contributed by atoms with Gasteiger partial charge >= 0.3 is 5.97 Å². The lowest BCUT2D eigenvalue weighted by atomic mass is 10.0. The van der Waals surface area contributed by atoms with Crippen LogP contribution in [0.5, 0.6) is 5.75 Å². The Morgan fingerprint density at radius 2 is 2.24 bits per heavy atom. The second-order valence-corrected chi connectivity index (χ2v) is 9.95. The van der Waals surface area contributed by atoms with Crippen LogP contribution in [0.15, 0.2) is 50.5 Å². The van der Waals surface area contributed by atoms with Crippen LogP contribution in [0.25, 0.3) is 0 Å². The summed E-state index contributed by atoms with van der Waals surface area (Å²) >= 11 is 4.07. The number of carbonyl (C=O) groups is 3. The highest BCUT2D eigenvalue weighted by Crippen LogP contribution is 2.41. The molecule has 2 atom stereocenters. The van der Waals surface area contributed by atoms with Crippen LogP contribution in [0, 0.1) is 0 Å². The number of carbonyl (C=O) groups excluding carboxylic acids is 2. The number of amides is 2. The van der Waals surface area contributed by atoms with Crippen molar-refractivity contribution < 1.29 is 29.4 Å². The van der Waals surface area contributed by atoms with Gasteiger partial charge in [0.25, 0.3) is 11.8 Å². The number of carboxylic acids is 1. The molecule has 33 heavy (non-hydrogen) atoms. The maximum atomic E-state index is 12.9. The van der Waals surface area contributed by atoms with E-state index in [1.807, 2.05) is 0 Å². The first-order valence-corrected chi connectivity index (χ1v) is 12.3. The SMILES string of the molecule is CON=C(C(=O)NC1C(=O)N2C(C(=O)O)=C(CSc3nncs3)CS[C@H]12)c1cccc(O)c1. The Morgan fingerprint density at radius 3 is 2.91 bits per heavy atom. The minimum absolute atomic E-state index is 0.0620. The lowest BCUT2D eigenvalue weighted by Gasteiger charge is -2.49. The fourth-order valence-electron chi connectivity index (χ4n) is 3.35. The molecule has 1 unspecified atom stereocenters. The summed E-state index contributed by atoms with van der Waals surface area (Å²) in [7, 11) is 1.27. The van der Waals surface area contributed by atoms with Crippen molar-refractivity contribution in [2.45, 2.75) is 15.8 Å². The molecule has 3 N–H and O–H groups in total. The third-order valence-electron chi connectivity index (χ3n) is 4.76. The lowest BCUT2D eigenvalue weighted by molar-refractivity contribution is -0.150. The zero-order chi connectivity index (χ0) is 23.5. The fraction of sp³-hybridized carbons (Fsp3) is 0.263. The molecule has 1 aromatic heterocycles. The third kappa shape index (κ3) is 4.67. The van der Waals surface area contributed by atoms with E-state index in [0.29, 0.717) is 27.0 Å². The molecule has 0 aliphatic carbocycles. The number of oxime groups is 1. The monoisotopic (exact) mass is 507 g/mol. The second-order valence-electron chi connectivity index (χ2n) is 6.78. The Morgan fingerprint density at radius 1 is 1.42 bits per heavy atom. The highest BCUT2D eigenvalue weighted by atomic mass is 32.2. The molecule has 4 rings (SSSR count). The molecule has 0 spiro atoms. The van der Waals surface area contributed by atoms with Crippen LogP contribution in [-0.2, 0) is 19.2 Å². The molecule has 0 radical (unpaired) electrons. The molecule has 2 aliphatic rings. The largest absolute Gasteiger partial charge is 0.508 e.